The summed E-state index contributed by atoms with van der Waals surface area (Å²) in [5.41, 5.74) is -3.78. The molecule has 6 atom stereocenters. The molecule has 0 amide bonds. The van der Waals surface area contributed by atoms with Crippen LogP contribution in [0.25, 0.3) is 0 Å². The first kappa shape index (κ1) is 19.1. The quantitative estimate of drug-likeness (QED) is 0.523. The van der Waals surface area contributed by atoms with Gasteiger partial charge in [-0.05, 0) is 25.7 Å². The summed E-state index contributed by atoms with van der Waals surface area (Å²) in [4.78, 5) is 25.1. The normalized spacial score (nSPS) is 47.9. The Labute approximate surface area is 153 Å². The largest absolute Gasteiger partial charge is 0.478 e. The third kappa shape index (κ3) is 2.18. The predicted octanol–water partition coefficient (Wildman–Crippen LogP) is 2.05. The molecule has 2 fully saturated rings. The van der Waals surface area contributed by atoms with E-state index in [-0.39, 0.29) is 12.2 Å². The summed E-state index contributed by atoms with van der Waals surface area (Å²) >= 11 is 0. The zero-order valence-electron chi connectivity index (χ0n) is 15.6. The van der Waals surface area contributed by atoms with Gasteiger partial charge in [0.2, 0.25) is 0 Å². The molecule has 26 heavy (non-hydrogen) atoms. The number of hydrogen-bond acceptors (Lipinski definition) is 5. The Balaban J connectivity index is 2.25. The SMILES string of the molecule is C=CC1(C)C=C(C(=O)O)C2(CC1)OC(=O)C1C(C)(CO)CCC(O)C12C. The van der Waals surface area contributed by atoms with Crippen molar-refractivity contribution in [2.24, 2.45) is 22.2 Å². The highest BCUT2D eigenvalue weighted by atomic mass is 16.6. The van der Waals surface area contributed by atoms with Crippen LogP contribution in [-0.2, 0) is 14.3 Å². The van der Waals surface area contributed by atoms with Crippen molar-refractivity contribution in [1.82, 2.24) is 0 Å². The number of rotatable bonds is 3. The fourth-order valence-electron chi connectivity index (χ4n) is 5.53. The number of fused-ring (bicyclic) bond motifs is 2. The first-order valence-corrected chi connectivity index (χ1v) is 9.12. The first-order chi connectivity index (χ1) is 12.0. The van der Waals surface area contributed by atoms with Crippen LogP contribution in [-0.4, -0.2) is 45.6 Å². The van der Waals surface area contributed by atoms with Gasteiger partial charge in [-0.1, -0.05) is 32.9 Å². The fraction of sp³-hybridized carbons (Fsp3) is 0.700. The number of carbonyl (C=O) groups excluding carboxylic acids is 1. The van der Waals surface area contributed by atoms with E-state index in [1.54, 1.807) is 19.1 Å². The molecule has 2 aliphatic carbocycles. The van der Waals surface area contributed by atoms with Crippen LogP contribution < -0.4 is 0 Å². The van der Waals surface area contributed by atoms with Crippen molar-refractivity contribution in [2.75, 3.05) is 6.61 Å². The molecule has 0 bridgehead atoms. The lowest BCUT2D eigenvalue weighted by Crippen LogP contribution is -2.62. The van der Waals surface area contributed by atoms with Gasteiger partial charge in [-0.3, -0.25) is 4.79 Å². The molecule has 6 unspecified atom stereocenters. The van der Waals surface area contributed by atoms with Crippen LogP contribution in [0, 0.1) is 22.2 Å². The van der Waals surface area contributed by atoms with E-state index >= 15 is 0 Å². The summed E-state index contributed by atoms with van der Waals surface area (Å²) < 4.78 is 5.83. The van der Waals surface area contributed by atoms with Crippen LogP contribution in [0.2, 0.25) is 0 Å². The van der Waals surface area contributed by atoms with Crippen LogP contribution in [0.1, 0.15) is 46.5 Å². The molecule has 144 valence electrons. The number of esters is 1. The summed E-state index contributed by atoms with van der Waals surface area (Å²) in [6.07, 6.45) is 4.14. The van der Waals surface area contributed by atoms with Gasteiger partial charge in [0.1, 0.15) is 0 Å². The first-order valence-electron chi connectivity index (χ1n) is 9.12. The van der Waals surface area contributed by atoms with Gasteiger partial charge in [0, 0.05) is 17.4 Å². The van der Waals surface area contributed by atoms with E-state index in [0.717, 1.165) is 0 Å². The van der Waals surface area contributed by atoms with Gasteiger partial charge in [-0.15, -0.1) is 6.58 Å². The summed E-state index contributed by atoms with van der Waals surface area (Å²) in [5, 5.41) is 30.8. The Hall–Kier alpha value is -1.66. The Bertz CT molecular complexity index is 698. The van der Waals surface area contributed by atoms with Gasteiger partial charge >= 0.3 is 11.9 Å². The molecular weight excluding hydrogens is 336 g/mol. The second-order valence-corrected chi connectivity index (χ2v) is 8.90. The highest BCUT2D eigenvalue weighted by Gasteiger charge is 2.74. The van der Waals surface area contributed by atoms with E-state index in [2.05, 4.69) is 6.58 Å². The van der Waals surface area contributed by atoms with Gasteiger partial charge in [0.15, 0.2) is 5.60 Å². The van der Waals surface area contributed by atoms with Crippen molar-refractivity contribution in [2.45, 2.75) is 58.2 Å². The number of carboxylic acids is 1. The summed E-state index contributed by atoms with van der Waals surface area (Å²) in [7, 11) is 0. The van der Waals surface area contributed by atoms with Crippen molar-refractivity contribution < 1.29 is 29.6 Å². The van der Waals surface area contributed by atoms with Crippen LogP contribution in [0.3, 0.4) is 0 Å². The van der Waals surface area contributed by atoms with E-state index in [1.165, 1.54) is 0 Å². The maximum absolute atomic E-state index is 12.9. The molecule has 6 nitrogen and oxygen atoms in total. The van der Waals surface area contributed by atoms with E-state index in [0.29, 0.717) is 25.7 Å². The van der Waals surface area contributed by atoms with E-state index in [9.17, 15) is 24.9 Å². The molecule has 1 heterocycles. The fourth-order valence-corrected chi connectivity index (χ4v) is 5.53. The summed E-state index contributed by atoms with van der Waals surface area (Å²) in [6, 6.07) is 0. The highest BCUT2D eigenvalue weighted by molar-refractivity contribution is 5.93. The molecule has 0 aromatic heterocycles. The molecule has 3 N–H and O–H groups in total. The lowest BCUT2D eigenvalue weighted by atomic mass is 9.48. The molecule has 6 heteroatoms. The van der Waals surface area contributed by atoms with Crippen molar-refractivity contribution in [3.05, 3.63) is 24.3 Å². The monoisotopic (exact) mass is 364 g/mol. The number of aliphatic hydroxyl groups is 2. The molecule has 1 aliphatic heterocycles. The van der Waals surface area contributed by atoms with Crippen LogP contribution >= 0.6 is 0 Å². The van der Waals surface area contributed by atoms with Crippen LogP contribution in [0.4, 0.5) is 0 Å². The van der Waals surface area contributed by atoms with Crippen molar-refractivity contribution in [3.63, 3.8) is 0 Å². The maximum atomic E-state index is 12.9. The minimum atomic E-state index is -1.40. The number of aliphatic hydroxyl groups excluding tert-OH is 2. The van der Waals surface area contributed by atoms with Gasteiger partial charge in [-0.2, -0.15) is 0 Å². The highest BCUT2D eigenvalue weighted by Crippen LogP contribution is 2.66. The van der Waals surface area contributed by atoms with Gasteiger partial charge in [0.05, 0.1) is 23.0 Å². The summed E-state index contributed by atoms with van der Waals surface area (Å²) in [6.45, 7) is 9.02. The molecule has 3 rings (SSSR count). The zero-order valence-corrected chi connectivity index (χ0v) is 15.6. The van der Waals surface area contributed by atoms with Crippen molar-refractivity contribution in [3.8, 4) is 0 Å². The standard InChI is InChI=1S/C20H28O6/c1-5-17(2)8-9-20(12(10-17)15(23)24)19(4)13(22)6-7-18(3,11-21)14(19)16(25)26-20/h5,10,13-14,21-22H,1,6-9,11H2,2-4H3,(H,23,24). The molecule has 0 radical (unpaired) electrons. The van der Waals surface area contributed by atoms with Crippen molar-refractivity contribution >= 4 is 11.9 Å². The topological polar surface area (TPSA) is 104 Å². The van der Waals surface area contributed by atoms with E-state index in [4.69, 9.17) is 4.74 Å². The third-order valence-corrected chi connectivity index (χ3v) is 7.34. The van der Waals surface area contributed by atoms with E-state index in [1.807, 2.05) is 13.8 Å². The number of allylic oxidation sites excluding steroid dienone is 2. The van der Waals surface area contributed by atoms with E-state index < -0.39 is 45.8 Å². The number of carboxylic acid groups (broad SMARTS) is 1. The van der Waals surface area contributed by atoms with Gasteiger partial charge in [-0.25, -0.2) is 4.79 Å². The Morgan fingerprint density at radius 2 is 2.00 bits per heavy atom. The Kier molecular flexibility index (Phi) is 4.17. The average molecular weight is 364 g/mol. The Morgan fingerprint density at radius 1 is 1.35 bits per heavy atom. The Morgan fingerprint density at radius 3 is 2.54 bits per heavy atom. The molecule has 1 spiro atoms. The second kappa shape index (κ2) is 5.67. The molecule has 1 saturated heterocycles. The van der Waals surface area contributed by atoms with Crippen LogP contribution in [0.15, 0.2) is 24.3 Å². The minimum absolute atomic E-state index is 0.00531. The molecule has 0 aromatic carbocycles. The maximum Gasteiger partial charge on any atom is 0.335 e. The molecular formula is C20H28O6. The number of hydrogen-bond donors (Lipinski definition) is 3. The summed E-state index contributed by atoms with van der Waals surface area (Å²) in [5.74, 6) is -2.45. The number of ether oxygens (including phenoxy) is 1. The molecule has 1 saturated carbocycles. The predicted molar refractivity (Wildman–Crippen MR) is 94.1 cm³/mol. The zero-order chi connectivity index (χ0) is 19.5. The second-order valence-electron chi connectivity index (χ2n) is 8.90. The third-order valence-electron chi connectivity index (χ3n) is 7.34. The average Bonchev–Trinajstić information content (AvgIpc) is 2.83. The molecule has 3 aliphatic rings. The van der Waals surface area contributed by atoms with Gasteiger partial charge < -0.3 is 20.1 Å². The lowest BCUT2D eigenvalue weighted by Gasteiger charge is -2.55. The smallest absolute Gasteiger partial charge is 0.335 e. The number of aliphatic carboxylic acids is 1. The van der Waals surface area contributed by atoms with Crippen LogP contribution in [0.5, 0.6) is 0 Å². The van der Waals surface area contributed by atoms with Crippen molar-refractivity contribution in [1.29, 1.82) is 0 Å². The lowest BCUT2D eigenvalue weighted by molar-refractivity contribution is -0.158. The van der Waals surface area contributed by atoms with Gasteiger partial charge in [0.25, 0.3) is 0 Å². The molecule has 0 aromatic rings. The number of carbonyl (C=O) groups is 2. The minimum Gasteiger partial charge on any atom is -0.478 e.